The highest BCUT2D eigenvalue weighted by atomic mass is 79.9. The zero-order valence-corrected chi connectivity index (χ0v) is 17.1. The first-order chi connectivity index (χ1) is 12.3. The molecule has 0 saturated carbocycles. The molecular weight excluding hydrogens is 394 g/mol. The summed E-state index contributed by atoms with van der Waals surface area (Å²) in [6.07, 6.45) is 0. The van der Waals surface area contributed by atoms with Gasteiger partial charge >= 0.3 is 0 Å². The average Bonchev–Trinajstić information content (AvgIpc) is 2.58. The van der Waals surface area contributed by atoms with Gasteiger partial charge in [-0.05, 0) is 52.0 Å². The fraction of sp³-hybridized carbons (Fsp3) is 0.350. The first-order valence-corrected chi connectivity index (χ1v) is 9.43. The summed E-state index contributed by atoms with van der Waals surface area (Å²) in [6.45, 7) is 7.96. The Morgan fingerprint density at radius 3 is 2.54 bits per heavy atom. The normalized spacial score (nSPS) is 10.7. The van der Waals surface area contributed by atoms with Crippen LogP contribution in [0.15, 0.2) is 40.9 Å². The third kappa shape index (κ3) is 5.14. The molecule has 6 heteroatoms. The number of hydrogen-bond donors (Lipinski definition) is 1. The Hall–Kier alpha value is -2.21. The number of pyridine rings is 1. The maximum Gasteiger partial charge on any atom is 0.256 e. The number of rotatable bonds is 6. The van der Waals surface area contributed by atoms with E-state index in [-0.39, 0.29) is 24.4 Å². The zero-order valence-electron chi connectivity index (χ0n) is 15.5. The van der Waals surface area contributed by atoms with E-state index in [1.807, 2.05) is 58.0 Å². The van der Waals surface area contributed by atoms with Crippen molar-refractivity contribution in [3.8, 4) is 11.3 Å². The number of amides is 2. The predicted molar refractivity (Wildman–Crippen MR) is 107 cm³/mol. The smallest absolute Gasteiger partial charge is 0.256 e. The van der Waals surface area contributed by atoms with Gasteiger partial charge in [-0.1, -0.05) is 28.1 Å². The number of hydrogen-bond acceptors (Lipinski definition) is 3. The van der Waals surface area contributed by atoms with E-state index < -0.39 is 0 Å². The van der Waals surface area contributed by atoms with Crippen LogP contribution in [0.5, 0.6) is 0 Å². The highest BCUT2D eigenvalue weighted by Gasteiger charge is 2.20. The van der Waals surface area contributed by atoms with Crippen molar-refractivity contribution in [2.75, 3.05) is 13.1 Å². The van der Waals surface area contributed by atoms with Gasteiger partial charge in [0.05, 0.1) is 23.5 Å². The number of likely N-dealkylation sites (N-methyl/N-ethyl adjacent to an activating group) is 1. The van der Waals surface area contributed by atoms with Gasteiger partial charge in [-0.25, -0.2) is 0 Å². The van der Waals surface area contributed by atoms with Gasteiger partial charge in [0.15, 0.2) is 0 Å². The fourth-order valence-corrected chi connectivity index (χ4v) is 3.03. The summed E-state index contributed by atoms with van der Waals surface area (Å²) in [5.41, 5.74) is 2.95. The Morgan fingerprint density at radius 1 is 1.23 bits per heavy atom. The van der Waals surface area contributed by atoms with Gasteiger partial charge in [-0.2, -0.15) is 0 Å². The molecule has 1 N–H and O–H groups in total. The Kier molecular flexibility index (Phi) is 6.91. The van der Waals surface area contributed by atoms with Crippen LogP contribution in [0.2, 0.25) is 0 Å². The van der Waals surface area contributed by atoms with Crippen LogP contribution in [-0.4, -0.2) is 40.8 Å². The molecule has 26 heavy (non-hydrogen) atoms. The van der Waals surface area contributed by atoms with Gasteiger partial charge in [0.25, 0.3) is 5.91 Å². The number of nitrogens with zero attached hydrogens (tertiary/aromatic N) is 2. The summed E-state index contributed by atoms with van der Waals surface area (Å²) >= 11 is 3.46. The van der Waals surface area contributed by atoms with E-state index in [4.69, 9.17) is 0 Å². The molecule has 0 radical (unpaired) electrons. The minimum absolute atomic E-state index is 0.0420. The summed E-state index contributed by atoms with van der Waals surface area (Å²) in [5.74, 6) is -0.344. The van der Waals surface area contributed by atoms with Crippen LogP contribution in [0, 0.1) is 6.92 Å². The fourth-order valence-electron chi connectivity index (χ4n) is 2.63. The highest BCUT2D eigenvalue weighted by Crippen LogP contribution is 2.23. The van der Waals surface area contributed by atoms with Gasteiger partial charge < -0.3 is 10.2 Å². The summed E-state index contributed by atoms with van der Waals surface area (Å²) in [4.78, 5) is 30.9. The first kappa shape index (κ1) is 20.1. The summed E-state index contributed by atoms with van der Waals surface area (Å²) in [5, 5.41) is 2.81. The van der Waals surface area contributed by atoms with Gasteiger partial charge in [-0.3, -0.25) is 14.6 Å². The molecule has 0 bridgehead atoms. The number of carbonyl (C=O) groups is 2. The van der Waals surface area contributed by atoms with Crippen LogP contribution >= 0.6 is 15.9 Å². The number of aryl methyl sites for hydroxylation is 1. The SMILES string of the molecule is CCN(CC(=O)NC(C)C)C(=O)c1ccc(-c2cccc(Br)c2)nc1C. The third-order valence-electron chi connectivity index (χ3n) is 3.89. The topological polar surface area (TPSA) is 62.3 Å². The lowest BCUT2D eigenvalue weighted by atomic mass is 10.1. The Bertz CT molecular complexity index is 805. The quantitative estimate of drug-likeness (QED) is 0.776. The maximum absolute atomic E-state index is 12.8. The van der Waals surface area contributed by atoms with Crippen molar-refractivity contribution in [3.05, 3.63) is 52.1 Å². The Morgan fingerprint density at radius 2 is 1.96 bits per heavy atom. The van der Waals surface area contributed by atoms with E-state index in [0.717, 1.165) is 15.7 Å². The van der Waals surface area contributed by atoms with Gasteiger partial charge in [0, 0.05) is 22.6 Å². The van der Waals surface area contributed by atoms with E-state index >= 15 is 0 Å². The first-order valence-electron chi connectivity index (χ1n) is 8.64. The standard InChI is InChI=1S/C20H24BrN3O2/c1-5-24(12-19(25)22-13(2)3)20(26)17-9-10-18(23-14(17)4)15-7-6-8-16(21)11-15/h6-11,13H,5,12H2,1-4H3,(H,22,25). The monoisotopic (exact) mass is 417 g/mol. The van der Waals surface area contributed by atoms with E-state index in [1.54, 1.807) is 6.07 Å². The molecular formula is C20H24BrN3O2. The van der Waals surface area contributed by atoms with Gasteiger partial charge in [-0.15, -0.1) is 0 Å². The van der Waals surface area contributed by atoms with E-state index in [0.29, 0.717) is 17.8 Å². The average molecular weight is 418 g/mol. The van der Waals surface area contributed by atoms with Gasteiger partial charge in [0.1, 0.15) is 0 Å². The molecule has 1 heterocycles. The lowest BCUT2D eigenvalue weighted by Crippen LogP contribution is -2.42. The molecule has 1 aromatic carbocycles. The van der Waals surface area contributed by atoms with Gasteiger partial charge in [0.2, 0.25) is 5.91 Å². The van der Waals surface area contributed by atoms with Crippen molar-refractivity contribution < 1.29 is 9.59 Å². The number of aromatic nitrogens is 1. The lowest BCUT2D eigenvalue weighted by Gasteiger charge is -2.22. The molecule has 0 unspecified atom stereocenters. The van der Waals surface area contributed by atoms with Crippen molar-refractivity contribution >= 4 is 27.7 Å². The molecule has 2 aromatic rings. The summed E-state index contributed by atoms with van der Waals surface area (Å²) in [7, 11) is 0. The minimum atomic E-state index is -0.183. The number of carbonyl (C=O) groups excluding carboxylic acids is 2. The number of nitrogens with one attached hydrogen (secondary N) is 1. The maximum atomic E-state index is 12.8. The molecule has 2 rings (SSSR count). The van der Waals surface area contributed by atoms with Crippen molar-refractivity contribution in [1.82, 2.24) is 15.2 Å². The van der Waals surface area contributed by atoms with Crippen LogP contribution in [0.1, 0.15) is 36.8 Å². The predicted octanol–water partition coefficient (Wildman–Crippen LogP) is 3.81. The molecule has 0 saturated heterocycles. The third-order valence-corrected chi connectivity index (χ3v) is 4.38. The van der Waals surface area contributed by atoms with E-state index in [9.17, 15) is 9.59 Å². The molecule has 2 amide bonds. The summed E-state index contributed by atoms with van der Waals surface area (Å²) in [6, 6.07) is 11.5. The Labute approximate surface area is 162 Å². The van der Waals surface area contributed by atoms with E-state index in [2.05, 4.69) is 26.2 Å². The lowest BCUT2D eigenvalue weighted by molar-refractivity contribution is -0.122. The second kappa shape index (κ2) is 8.94. The molecule has 0 aliphatic rings. The van der Waals surface area contributed by atoms with Crippen LogP contribution in [-0.2, 0) is 4.79 Å². The number of benzene rings is 1. The minimum Gasteiger partial charge on any atom is -0.352 e. The molecule has 138 valence electrons. The molecule has 1 aromatic heterocycles. The van der Waals surface area contributed by atoms with Crippen molar-refractivity contribution in [3.63, 3.8) is 0 Å². The Balaban J connectivity index is 2.21. The second-order valence-electron chi connectivity index (χ2n) is 6.38. The van der Waals surface area contributed by atoms with Crippen molar-refractivity contribution in [1.29, 1.82) is 0 Å². The molecule has 0 aliphatic carbocycles. The van der Waals surface area contributed by atoms with Crippen LogP contribution in [0.4, 0.5) is 0 Å². The van der Waals surface area contributed by atoms with Crippen LogP contribution < -0.4 is 5.32 Å². The molecule has 0 fully saturated rings. The van der Waals surface area contributed by atoms with Crippen molar-refractivity contribution in [2.45, 2.75) is 33.7 Å². The van der Waals surface area contributed by atoms with E-state index in [1.165, 1.54) is 4.90 Å². The van der Waals surface area contributed by atoms with Crippen molar-refractivity contribution in [2.24, 2.45) is 0 Å². The largest absolute Gasteiger partial charge is 0.352 e. The molecule has 5 nitrogen and oxygen atoms in total. The summed E-state index contributed by atoms with van der Waals surface area (Å²) < 4.78 is 0.975. The highest BCUT2D eigenvalue weighted by molar-refractivity contribution is 9.10. The van der Waals surface area contributed by atoms with Crippen LogP contribution in [0.25, 0.3) is 11.3 Å². The zero-order chi connectivity index (χ0) is 19.3. The molecule has 0 aliphatic heterocycles. The van der Waals surface area contributed by atoms with Crippen LogP contribution in [0.3, 0.4) is 0 Å². The molecule has 0 spiro atoms. The second-order valence-corrected chi connectivity index (χ2v) is 7.30. The number of halogens is 1. The molecule has 0 atom stereocenters.